The highest BCUT2D eigenvalue weighted by molar-refractivity contribution is 5.82. The molecular weight excluding hydrogens is 348 g/mol. The fourth-order valence-electron chi connectivity index (χ4n) is 2.84. The summed E-state index contributed by atoms with van der Waals surface area (Å²) in [4.78, 5) is 11.3. The number of benzene rings is 1. The van der Waals surface area contributed by atoms with E-state index in [0.29, 0.717) is 12.0 Å². The molecule has 0 radical (unpaired) electrons. The standard InChI is InChI=1S/C17H20O9/c18-7-12-14(21)15(22)16(23)17(26-12)25-11-5-4-8(6-9(11)19)10-2-1-3-13(20)24-10/h1,3-6,10,12,14-19,21-23H,2,7H2. The minimum absolute atomic E-state index is 0.0456. The van der Waals surface area contributed by atoms with E-state index in [4.69, 9.17) is 14.2 Å². The second kappa shape index (κ2) is 7.60. The molecule has 3 rings (SSSR count). The number of aromatic hydroxyl groups is 1. The lowest BCUT2D eigenvalue weighted by atomic mass is 9.99. The van der Waals surface area contributed by atoms with Gasteiger partial charge in [-0.1, -0.05) is 12.1 Å². The van der Waals surface area contributed by atoms with Crippen LogP contribution in [0.25, 0.3) is 0 Å². The maximum absolute atomic E-state index is 11.3. The van der Waals surface area contributed by atoms with Crippen molar-refractivity contribution in [2.75, 3.05) is 6.61 Å². The van der Waals surface area contributed by atoms with Gasteiger partial charge in [0.1, 0.15) is 30.5 Å². The van der Waals surface area contributed by atoms with Crippen molar-refractivity contribution in [1.82, 2.24) is 0 Å². The highest BCUT2D eigenvalue weighted by Crippen LogP contribution is 2.35. The predicted octanol–water partition coefficient (Wildman–Crippen LogP) is -0.885. The van der Waals surface area contributed by atoms with Crippen LogP contribution < -0.4 is 4.74 Å². The lowest BCUT2D eigenvalue weighted by Gasteiger charge is -2.39. The first-order valence-corrected chi connectivity index (χ1v) is 8.08. The van der Waals surface area contributed by atoms with Gasteiger partial charge in [0.05, 0.1) is 6.61 Å². The molecule has 5 N–H and O–H groups in total. The molecule has 0 amide bonds. The molecule has 0 aliphatic carbocycles. The molecule has 1 aromatic carbocycles. The third-order valence-corrected chi connectivity index (χ3v) is 4.31. The minimum atomic E-state index is -1.59. The highest BCUT2D eigenvalue weighted by atomic mass is 16.7. The van der Waals surface area contributed by atoms with Crippen LogP contribution in [0.1, 0.15) is 18.1 Å². The minimum Gasteiger partial charge on any atom is -0.504 e. The lowest BCUT2D eigenvalue weighted by Crippen LogP contribution is -2.60. The summed E-state index contributed by atoms with van der Waals surface area (Å²) in [5.74, 6) is -0.803. The Morgan fingerprint density at radius 2 is 1.92 bits per heavy atom. The molecule has 0 aromatic heterocycles. The van der Waals surface area contributed by atoms with E-state index in [1.54, 1.807) is 12.1 Å². The fraction of sp³-hybridized carbons (Fsp3) is 0.471. The van der Waals surface area contributed by atoms with Crippen LogP contribution in [0.4, 0.5) is 0 Å². The van der Waals surface area contributed by atoms with Gasteiger partial charge in [0.15, 0.2) is 11.5 Å². The quantitative estimate of drug-likeness (QED) is 0.427. The Hall–Kier alpha value is -2.17. The van der Waals surface area contributed by atoms with Crippen molar-refractivity contribution in [2.24, 2.45) is 0 Å². The summed E-state index contributed by atoms with van der Waals surface area (Å²) < 4.78 is 15.8. The maximum Gasteiger partial charge on any atom is 0.331 e. The number of phenolic OH excluding ortho intramolecular Hbond substituents is 1. The van der Waals surface area contributed by atoms with Gasteiger partial charge in [-0.05, 0) is 17.7 Å². The van der Waals surface area contributed by atoms with E-state index < -0.39 is 49.4 Å². The van der Waals surface area contributed by atoms with E-state index in [2.05, 4.69) is 0 Å². The molecule has 6 atom stereocenters. The normalized spacial score (nSPS) is 34.4. The molecule has 9 nitrogen and oxygen atoms in total. The molecule has 2 aliphatic rings. The SMILES string of the molecule is O=C1C=CCC(c2ccc(OC3OC(CO)C(O)C(O)C3O)c(O)c2)O1. The lowest BCUT2D eigenvalue weighted by molar-refractivity contribution is -0.277. The summed E-state index contributed by atoms with van der Waals surface area (Å²) in [7, 11) is 0. The van der Waals surface area contributed by atoms with Gasteiger partial charge >= 0.3 is 5.97 Å². The Balaban J connectivity index is 1.74. The van der Waals surface area contributed by atoms with Crippen LogP contribution in [0.15, 0.2) is 30.4 Å². The van der Waals surface area contributed by atoms with Crippen LogP contribution in [0.3, 0.4) is 0 Å². The Labute approximate surface area is 148 Å². The molecule has 0 spiro atoms. The molecule has 2 heterocycles. The first kappa shape index (κ1) is 18.6. The first-order valence-electron chi connectivity index (χ1n) is 8.08. The van der Waals surface area contributed by atoms with Crippen molar-refractivity contribution in [2.45, 2.75) is 43.2 Å². The van der Waals surface area contributed by atoms with E-state index in [9.17, 15) is 30.3 Å². The van der Waals surface area contributed by atoms with E-state index in [0.717, 1.165) is 0 Å². The number of phenols is 1. The number of esters is 1. The Morgan fingerprint density at radius 3 is 2.58 bits per heavy atom. The molecule has 1 aromatic rings. The molecule has 2 aliphatic heterocycles. The van der Waals surface area contributed by atoms with E-state index in [-0.39, 0.29) is 11.5 Å². The molecule has 1 fully saturated rings. The predicted molar refractivity (Wildman–Crippen MR) is 85.1 cm³/mol. The summed E-state index contributed by atoms with van der Waals surface area (Å²) >= 11 is 0. The molecule has 6 unspecified atom stereocenters. The summed E-state index contributed by atoms with van der Waals surface area (Å²) in [5.41, 5.74) is 0.557. The van der Waals surface area contributed by atoms with Gasteiger partial charge in [-0.25, -0.2) is 4.79 Å². The number of aliphatic hydroxyl groups excluding tert-OH is 4. The third kappa shape index (κ3) is 3.67. The average Bonchev–Trinajstić information content (AvgIpc) is 2.63. The van der Waals surface area contributed by atoms with Crippen LogP contribution in [0, 0.1) is 0 Å². The number of aliphatic hydroxyl groups is 4. The zero-order chi connectivity index (χ0) is 18.8. The van der Waals surface area contributed by atoms with Gasteiger partial charge in [0.25, 0.3) is 0 Å². The molecule has 142 valence electrons. The van der Waals surface area contributed by atoms with Gasteiger partial charge in [-0.3, -0.25) is 0 Å². The van der Waals surface area contributed by atoms with Crippen molar-refractivity contribution in [3.63, 3.8) is 0 Å². The number of carbonyl (C=O) groups is 1. The van der Waals surface area contributed by atoms with Crippen LogP contribution in [-0.4, -0.2) is 68.8 Å². The monoisotopic (exact) mass is 368 g/mol. The zero-order valence-corrected chi connectivity index (χ0v) is 13.6. The second-order valence-electron chi connectivity index (χ2n) is 6.11. The van der Waals surface area contributed by atoms with Crippen molar-refractivity contribution in [3.05, 3.63) is 35.9 Å². The van der Waals surface area contributed by atoms with E-state index >= 15 is 0 Å². The summed E-state index contributed by atoms with van der Waals surface area (Å²) in [6.45, 7) is -0.587. The summed E-state index contributed by atoms with van der Waals surface area (Å²) in [6, 6.07) is 4.34. The first-order chi connectivity index (χ1) is 12.4. The smallest absolute Gasteiger partial charge is 0.331 e. The Kier molecular flexibility index (Phi) is 5.44. The molecule has 26 heavy (non-hydrogen) atoms. The molecule has 0 saturated carbocycles. The van der Waals surface area contributed by atoms with Crippen molar-refractivity contribution < 1.29 is 44.5 Å². The van der Waals surface area contributed by atoms with Crippen LogP contribution in [0.2, 0.25) is 0 Å². The number of rotatable bonds is 4. The number of hydrogen-bond acceptors (Lipinski definition) is 9. The van der Waals surface area contributed by atoms with Crippen molar-refractivity contribution in [3.8, 4) is 11.5 Å². The topological polar surface area (TPSA) is 146 Å². The third-order valence-electron chi connectivity index (χ3n) is 4.31. The molecule has 9 heteroatoms. The van der Waals surface area contributed by atoms with Gasteiger partial charge in [0.2, 0.25) is 6.29 Å². The highest BCUT2D eigenvalue weighted by Gasteiger charge is 2.44. The zero-order valence-electron chi connectivity index (χ0n) is 13.6. The molecule has 1 saturated heterocycles. The van der Waals surface area contributed by atoms with Gasteiger partial charge in [-0.2, -0.15) is 0 Å². The van der Waals surface area contributed by atoms with E-state index in [1.807, 2.05) is 0 Å². The number of hydrogen-bond donors (Lipinski definition) is 5. The number of cyclic esters (lactones) is 1. The summed E-state index contributed by atoms with van der Waals surface area (Å²) in [5, 5.41) is 48.8. The van der Waals surface area contributed by atoms with Gasteiger partial charge < -0.3 is 39.7 Å². The number of carbonyl (C=O) groups excluding carboxylic acids is 1. The van der Waals surface area contributed by atoms with Gasteiger partial charge in [0, 0.05) is 12.5 Å². The fourth-order valence-corrected chi connectivity index (χ4v) is 2.84. The maximum atomic E-state index is 11.3. The van der Waals surface area contributed by atoms with Crippen LogP contribution >= 0.6 is 0 Å². The van der Waals surface area contributed by atoms with Crippen LogP contribution in [0.5, 0.6) is 11.5 Å². The average molecular weight is 368 g/mol. The van der Waals surface area contributed by atoms with E-state index in [1.165, 1.54) is 18.2 Å². The van der Waals surface area contributed by atoms with Gasteiger partial charge in [-0.15, -0.1) is 0 Å². The largest absolute Gasteiger partial charge is 0.504 e. The second-order valence-corrected chi connectivity index (χ2v) is 6.11. The van der Waals surface area contributed by atoms with Crippen molar-refractivity contribution in [1.29, 1.82) is 0 Å². The summed E-state index contributed by atoms with van der Waals surface area (Å²) in [6.07, 6.45) is -4.25. The number of ether oxygens (including phenoxy) is 3. The molecular formula is C17H20O9. The van der Waals surface area contributed by atoms with Crippen molar-refractivity contribution >= 4 is 5.97 Å². The molecule has 0 bridgehead atoms. The Bertz CT molecular complexity index is 687. The van der Waals surface area contributed by atoms with Crippen LogP contribution in [-0.2, 0) is 14.3 Å². The Morgan fingerprint density at radius 1 is 1.15 bits per heavy atom.